The second-order valence-corrected chi connectivity index (χ2v) is 12.0. The van der Waals surface area contributed by atoms with Crippen LogP contribution in [-0.2, 0) is 27.1 Å². The van der Waals surface area contributed by atoms with Gasteiger partial charge in [-0.15, -0.1) is 0 Å². The van der Waals surface area contributed by atoms with Crippen LogP contribution in [0.15, 0.2) is 57.0 Å². The van der Waals surface area contributed by atoms with Crippen LogP contribution in [0.2, 0.25) is 0 Å². The minimum Gasteiger partial charge on any atom is -0.376 e. The number of hydrogen-bond acceptors (Lipinski definition) is 5. The van der Waals surface area contributed by atoms with Crippen molar-refractivity contribution in [1.29, 1.82) is 0 Å². The molecule has 1 atom stereocenters. The van der Waals surface area contributed by atoms with Crippen molar-refractivity contribution in [3.05, 3.63) is 52.5 Å². The molecule has 0 aliphatic carbocycles. The zero-order valence-corrected chi connectivity index (χ0v) is 21.0. The lowest BCUT2D eigenvalue weighted by molar-refractivity contribution is 0.0960. The molecule has 2 fully saturated rings. The Morgan fingerprint density at radius 2 is 1.94 bits per heavy atom. The Morgan fingerprint density at radius 3 is 2.69 bits per heavy atom. The number of benzene rings is 2. The summed E-state index contributed by atoms with van der Waals surface area (Å²) in [6, 6.07) is 13.6. The highest BCUT2D eigenvalue weighted by molar-refractivity contribution is 9.10. The Hall–Kier alpha value is -1.39. The number of halogens is 1. The number of rotatable bonds is 7. The quantitative estimate of drug-likeness (QED) is 0.396. The molecule has 1 unspecified atom stereocenters. The first kappa shape index (κ1) is 22.4. The van der Waals surface area contributed by atoms with E-state index in [1.165, 1.54) is 5.56 Å². The van der Waals surface area contributed by atoms with Crippen molar-refractivity contribution in [2.75, 3.05) is 19.7 Å². The molecule has 2 aliphatic rings. The summed E-state index contributed by atoms with van der Waals surface area (Å²) in [5.74, 6) is 0.773. The summed E-state index contributed by atoms with van der Waals surface area (Å²) in [6.45, 7) is 2.73. The average Bonchev–Trinajstić information content (AvgIpc) is 3.55. The molecule has 0 radical (unpaired) electrons. The molecule has 5 rings (SSSR count). The maximum Gasteiger partial charge on any atom is 0.243 e. The van der Waals surface area contributed by atoms with Gasteiger partial charge in [-0.2, -0.15) is 4.31 Å². The maximum absolute atomic E-state index is 13.1. The van der Waals surface area contributed by atoms with E-state index in [0.717, 1.165) is 65.3 Å². The Balaban J connectivity index is 1.49. The number of nitrogens with zero attached hydrogens (tertiary/aromatic N) is 3. The molecule has 9 heteroatoms. The summed E-state index contributed by atoms with van der Waals surface area (Å²) < 4.78 is 36.9. The van der Waals surface area contributed by atoms with Crippen molar-refractivity contribution < 1.29 is 13.2 Å². The fourth-order valence-corrected chi connectivity index (χ4v) is 7.54. The predicted octanol–water partition coefficient (Wildman–Crippen LogP) is 5.05. The molecule has 3 aromatic rings. The zero-order valence-electron chi connectivity index (χ0n) is 17.7. The number of aromatic nitrogens is 2. The van der Waals surface area contributed by atoms with E-state index < -0.39 is 10.0 Å². The van der Waals surface area contributed by atoms with Crippen molar-refractivity contribution in [2.45, 2.75) is 54.1 Å². The Morgan fingerprint density at radius 1 is 1.12 bits per heavy atom. The van der Waals surface area contributed by atoms with E-state index in [1.54, 1.807) is 28.2 Å². The average molecular weight is 537 g/mol. The third-order valence-electron chi connectivity index (χ3n) is 6.11. The van der Waals surface area contributed by atoms with Gasteiger partial charge in [0.25, 0.3) is 0 Å². The Bertz CT molecular complexity index is 1220. The molecule has 2 saturated heterocycles. The molecular weight excluding hydrogens is 510 g/mol. The van der Waals surface area contributed by atoms with Crippen LogP contribution in [0.4, 0.5) is 0 Å². The van der Waals surface area contributed by atoms with Crippen molar-refractivity contribution in [3.8, 4) is 0 Å². The van der Waals surface area contributed by atoms with Gasteiger partial charge in [0, 0.05) is 29.9 Å². The molecule has 1 aromatic heterocycles. The lowest BCUT2D eigenvalue weighted by atomic mass is 10.2. The largest absolute Gasteiger partial charge is 0.376 e. The number of sulfonamides is 1. The zero-order chi connectivity index (χ0) is 22.1. The van der Waals surface area contributed by atoms with E-state index >= 15 is 0 Å². The van der Waals surface area contributed by atoms with Gasteiger partial charge in [0.05, 0.1) is 28.6 Å². The smallest absolute Gasteiger partial charge is 0.243 e. The van der Waals surface area contributed by atoms with E-state index in [2.05, 4.69) is 26.6 Å². The summed E-state index contributed by atoms with van der Waals surface area (Å²) >= 11 is 5.29. The fraction of sp³-hybridized carbons (Fsp3) is 0.435. The van der Waals surface area contributed by atoms with Crippen LogP contribution in [0.1, 0.15) is 31.2 Å². The molecule has 0 N–H and O–H groups in total. The van der Waals surface area contributed by atoms with Gasteiger partial charge in [-0.3, -0.25) is 0 Å². The first-order valence-corrected chi connectivity index (χ1v) is 14.2. The van der Waals surface area contributed by atoms with Crippen molar-refractivity contribution in [2.24, 2.45) is 0 Å². The molecular formula is C23H26BrN3O3S2. The van der Waals surface area contributed by atoms with Gasteiger partial charge in [-0.05, 0) is 55.5 Å². The first-order chi connectivity index (χ1) is 15.5. The van der Waals surface area contributed by atoms with Gasteiger partial charge in [0.15, 0.2) is 5.16 Å². The van der Waals surface area contributed by atoms with Crippen LogP contribution in [0, 0.1) is 0 Å². The minimum absolute atomic E-state index is 0.170. The minimum atomic E-state index is -3.47. The van der Waals surface area contributed by atoms with Gasteiger partial charge in [0.1, 0.15) is 0 Å². The molecule has 0 bridgehead atoms. The van der Waals surface area contributed by atoms with E-state index in [9.17, 15) is 8.42 Å². The second-order valence-electron chi connectivity index (χ2n) is 8.28. The van der Waals surface area contributed by atoms with E-state index in [4.69, 9.17) is 9.72 Å². The normalized spacial score (nSPS) is 19.8. The van der Waals surface area contributed by atoms with Gasteiger partial charge in [-0.1, -0.05) is 45.9 Å². The standard InChI is InChI=1S/C23H26BrN3O3S2/c24-20-8-2-1-6-17(20)16-31-23-25-21-14-19(32(28,29)26-11-3-4-12-26)9-10-22(21)27(23)15-18-7-5-13-30-18/h1-2,6,8-10,14,18H,3-5,7,11-13,15-16H2. The third kappa shape index (κ3) is 4.50. The highest BCUT2D eigenvalue weighted by atomic mass is 79.9. The van der Waals surface area contributed by atoms with Crippen molar-refractivity contribution >= 4 is 48.7 Å². The van der Waals surface area contributed by atoms with Gasteiger partial charge in [0.2, 0.25) is 10.0 Å². The monoisotopic (exact) mass is 535 g/mol. The fourth-order valence-electron chi connectivity index (χ4n) is 4.36. The molecule has 2 aliphatic heterocycles. The molecule has 6 nitrogen and oxygen atoms in total. The predicted molar refractivity (Wildman–Crippen MR) is 130 cm³/mol. The SMILES string of the molecule is O=S(=O)(c1ccc2c(c1)nc(SCc1ccccc1Br)n2CC1CCCO1)N1CCCC1. The van der Waals surface area contributed by atoms with Crippen LogP contribution in [0.5, 0.6) is 0 Å². The van der Waals surface area contributed by atoms with Crippen LogP contribution in [0.3, 0.4) is 0 Å². The van der Waals surface area contributed by atoms with Gasteiger partial charge < -0.3 is 9.30 Å². The van der Waals surface area contributed by atoms with Crippen molar-refractivity contribution in [1.82, 2.24) is 13.9 Å². The van der Waals surface area contributed by atoms with Gasteiger partial charge in [-0.25, -0.2) is 13.4 Å². The van der Waals surface area contributed by atoms with Crippen LogP contribution in [0.25, 0.3) is 11.0 Å². The topological polar surface area (TPSA) is 64.4 Å². The maximum atomic E-state index is 13.1. The molecule has 170 valence electrons. The first-order valence-electron chi connectivity index (χ1n) is 11.0. The number of fused-ring (bicyclic) bond motifs is 1. The highest BCUT2D eigenvalue weighted by Gasteiger charge is 2.28. The number of hydrogen-bond donors (Lipinski definition) is 0. The number of thioether (sulfide) groups is 1. The summed E-state index contributed by atoms with van der Waals surface area (Å²) in [6.07, 6.45) is 4.13. The molecule has 0 amide bonds. The summed E-state index contributed by atoms with van der Waals surface area (Å²) in [5, 5.41) is 0.891. The lowest BCUT2D eigenvalue weighted by Crippen LogP contribution is -2.27. The van der Waals surface area contributed by atoms with E-state index in [-0.39, 0.29) is 6.10 Å². The number of ether oxygens (including phenoxy) is 1. The Labute approximate surface area is 201 Å². The lowest BCUT2D eigenvalue weighted by Gasteiger charge is -2.16. The van der Waals surface area contributed by atoms with Crippen molar-refractivity contribution in [3.63, 3.8) is 0 Å². The van der Waals surface area contributed by atoms with E-state index in [0.29, 0.717) is 18.0 Å². The molecule has 3 heterocycles. The number of imidazole rings is 1. The Kier molecular flexibility index (Phi) is 6.63. The molecule has 32 heavy (non-hydrogen) atoms. The third-order valence-corrected chi connectivity index (χ3v) is 9.81. The van der Waals surface area contributed by atoms with Crippen LogP contribution < -0.4 is 0 Å². The highest BCUT2D eigenvalue weighted by Crippen LogP contribution is 2.32. The van der Waals surface area contributed by atoms with E-state index in [1.807, 2.05) is 24.3 Å². The summed E-state index contributed by atoms with van der Waals surface area (Å²) in [7, 11) is -3.47. The molecule has 0 spiro atoms. The summed E-state index contributed by atoms with van der Waals surface area (Å²) in [4.78, 5) is 5.20. The second kappa shape index (κ2) is 9.46. The van der Waals surface area contributed by atoms with Crippen LogP contribution >= 0.6 is 27.7 Å². The molecule has 0 saturated carbocycles. The van der Waals surface area contributed by atoms with Gasteiger partial charge >= 0.3 is 0 Å². The molecule has 2 aromatic carbocycles. The summed E-state index contributed by atoms with van der Waals surface area (Å²) in [5.41, 5.74) is 2.87. The van der Waals surface area contributed by atoms with Crippen LogP contribution in [-0.4, -0.2) is 48.1 Å².